The monoisotopic (exact) mass is 326 g/mol. The molecule has 1 aliphatic heterocycles. The van der Waals surface area contributed by atoms with Gasteiger partial charge in [0.2, 0.25) is 0 Å². The summed E-state index contributed by atoms with van der Waals surface area (Å²) < 4.78 is 10.3. The fourth-order valence-corrected chi connectivity index (χ4v) is 2.70. The number of rotatable bonds is 5. The van der Waals surface area contributed by atoms with E-state index in [4.69, 9.17) is 9.47 Å². The molecule has 1 aliphatic rings. The summed E-state index contributed by atoms with van der Waals surface area (Å²) in [5, 5.41) is 12.6. The molecule has 24 heavy (non-hydrogen) atoms. The molecule has 0 amide bonds. The molecule has 7 nitrogen and oxygen atoms in total. The minimum Gasteiger partial charge on any atom is -0.468 e. The first-order valence-corrected chi connectivity index (χ1v) is 7.82. The van der Waals surface area contributed by atoms with E-state index in [1.54, 1.807) is 6.07 Å². The number of carbonyl (C=O) groups is 1. The number of hydrogen-bond donors (Lipinski definition) is 1. The molecule has 2 atom stereocenters. The van der Waals surface area contributed by atoms with Crippen LogP contribution in [-0.2, 0) is 14.3 Å². The van der Waals surface area contributed by atoms with Gasteiger partial charge in [-0.3, -0.25) is 4.79 Å². The lowest BCUT2D eigenvalue weighted by atomic mass is 10.1. The maximum absolute atomic E-state index is 11.9. The van der Waals surface area contributed by atoms with E-state index < -0.39 is 11.9 Å². The number of methoxy groups -OCH3 is 1. The summed E-state index contributed by atoms with van der Waals surface area (Å²) in [5.41, 5.74) is 1.60. The maximum Gasteiger partial charge on any atom is 0.329 e. The number of carbonyl (C=O) groups excluding carboxylic acids is 1. The zero-order valence-electron chi connectivity index (χ0n) is 13.4. The lowest BCUT2D eigenvalue weighted by molar-refractivity contribution is -0.141. The Hall–Kier alpha value is -2.72. The van der Waals surface area contributed by atoms with Crippen molar-refractivity contribution in [1.82, 2.24) is 9.97 Å². The number of esters is 1. The zero-order valence-corrected chi connectivity index (χ0v) is 13.4. The number of nitrogens with one attached hydrogen (secondary N) is 1. The molecule has 1 aromatic heterocycles. The lowest BCUT2D eigenvalue weighted by Crippen LogP contribution is -2.22. The molecule has 1 saturated heterocycles. The summed E-state index contributed by atoms with van der Waals surface area (Å²) in [5.74, 6) is -1.36. The minimum atomic E-state index is -1.13. The number of ether oxygens (including phenoxy) is 2. The molecule has 0 saturated carbocycles. The van der Waals surface area contributed by atoms with Crippen molar-refractivity contribution in [1.29, 1.82) is 5.26 Å². The van der Waals surface area contributed by atoms with Gasteiger partial charge in [0.05, 0.1) is 30.3 Å². The highest BCUT2D eigenvalue weighted by Gasteiger charge is 2.27. The van der Waals surface area contributed by atoms with Gasteiger partial charge in [-0.05, 0) is 25.0 Å². The predicted molar refractivity (Wildman–Crippen MR) is 87.4 cm³/mol. The number of fused-ring (bicyclic) bond motifs is 1. The summed E-state index contributed by atoms with van der Waals surface area (Å²) >= 11 is 0. The molecular formula is C17H18N4O3. The molecule has 124 valence electrons. The van der Waals surface area contributed by atoms with Gasteiger partial charge in [0.25, 0.3) is 0 Å². The van der Waals surface area contributed by atoms with E-state index in [2.05, 4.69) is 15.3 Å². The molecule has 2 heterocycles. The van der Waals surface area contributed by atoms with Gasteiger partial charge in [-0.2, -0.15) is 5.26 Å². The van der Waals surface area contributed by atoms with Crippen molar-refractivity contribution in [2.75, 3.05) is 25.6 Å². The molecule has 0 unspecified atom stereocenters. The smallest absolute Gasteiger partial charge is 0.329 e. The van der Waals surface area contributed by atoms with Crippen LogP contribution >= 0.6 is 0 Å². The van der Waals surface area contributed by atoms with Crippen LogP contribution in [0.4, 0.5) is 5.82 Å². The molecule has 1 fully saturated rings. The Balaban J connectivity index is 1.98. The summed E-state index contributed by atoms with van der Waals surface area (Å²) in [4.78, 5) is 20.9. The summed E-state index contributed by atoms with van der Waals surface area (Å²) in [6, 6.07) is 9.28. The predicted octanol–water partition coefficient (Wildman–Crippen LogP) is 2.00. The van der Waals surface area contributed by atoms with Gasteiger partial charge >= 0.3 is 5.97 Å². The van der Waals surface area contributed by atoms with Gasteiger partial charge in [-0.1, -0.05) is 12.1 Å². The first-order valence-electron chi connectivity index (χ1n) is 7.82. The average Bonchev–Trinajstić information content (AvgIpc) is 3.13. The van der Waals surface area contributed by atoms with Gasteiger partial charge in [-0.15, -0.1) is 0 Å². The second kappa shape index (κ2) is 7.23. The number of hydrogen-bond acceptors (Lipinski definition) is 7. The third-order valence-electron chi connectivity index (χ3n) is 3.96. The first kappa shape index (κ1) is 16.1. The van der Waals surface area contributed by atoms with Crippen molar-refractivity contribution in [2.45, 2.75) is 24.9 Å². The van der Waals surface area contributed by atoms with E-state index in [9.17, 15) is 10.1 Å². The van der Waals surface area contributed by atoms with Crippen molar-refractivity contribution in [3.05, 3.63) is 30.0 Å². The topological polar surface area (TPSA) is 97.1 Å². The number of nitrogens with zero attached hydrogens (tertiary/aromatic N) is 3. The molecule has 0 radical (unpaired) electrons. The fraction of sp³-hybridized carbons (Fsp3) is 0.412. The van der Waals surface area contributed by atoms with E-state index in [1.165, 1.54) is 7.11 Å². The summed E-state index contributed by atoms with van der Waals surface area (Å²) in [6.45, 7) is 1.31. The Labute approximate surface area is 139 Å². The third kappa shape index (κ3) is 3.29. The van der Waals surface area contributed by atoms with Gasteiger partial charge in [0, 0.05) is 13.2 Å². The highest BCUT2D eigenvalue weighted by Crippen LogP contribution is 2.25. The zero-order chi connectivity index (χ0) is 16.9. The van der Waals surface area contributed by atoms with Crippen LogP contribution in [0.3, 0.4) is 0 Å². The molecule has 0 spiro atoms. The van der Waals surface area contributed by atoms with E-state index in [-0.39, 0.29) is 11.8 Å². The SMILES string of the molecule is COC(=O)[C@@H](C#N)c1nc2ccccc2nc1NC[C@@H]1CCCO1. The van der Waals surface area contributed by atoms with Gasteiger partial charge < -0.3 is 14.8 Å². The average molecular weight is 326 g/mol. The largest absolute Gasteiger partial charge is 0.468 e. The van der Waals surface area contributed by atoms with Gasteiger partial charge in [0.15, 0.2) is 11.7 Å². The van der Waals surface area contributed by atoms with Crippen LogP contribution in [0.2, 0.25) is 0 Å². The standard InChI is InChI=1S/C17H18N4O3/c1-23-17(22)12(9-18)15-16(19-10-11-5-4-8-24-11)21-14-7-3-2-6-13(14)20-15/h2-3,6-7,11-12H,4-5,8,10H2,1H3,(H,19,21)/t11-,12-/m0/s1. The lowest BCUT2D eigenvalue weighted by Gasteiger charge is -2.16. The van der Waals surface area contributed by atoms with Crippen molar-refractivity contribution < 1.29 is 14.3 Å². The van der Waals surface area contributed by atoms with Crippen molar-refractivity contribution in [2.24, 2.45) is 0 Å². The summed E-state index contributed by atoms with van der Waals surface area (Å²) in [7, 11) is 1.25. The number of para-hydroxylation sites is 2. The van der Waals surface area contributed by atoms with Crippen LogP contribution in [0.1, 0.15) is 24.5 Å². The van der Waals surface area contributed by atoms with Gasteiger partial charge in [0.1, 0.15) is 5.69 Å². The van der Waals surface area contributed by atoms with Crippen molar-refractivity contribution in [3.8, 4) is 6.07 Å². The molecular weight excluding hydrogens is 308 g/mol. The number of anilines is 1. The number of aromatic nitrogens is 2. The van der Waals surface area contributed by atoms with Crippen LogP contribution in [-0.4, -0.2) is 42.3 Å². The quantitative estimate of drug-likeness (QED) is 0.839. The Kier molecular flexibility index (Phi) is 4.87. The minimum absolute atomic E-state index is 0.102. The van der Waals surface area contributed by atoms with Gasteiger partial charge in [-0.25, -0.2) is 9.97 Å². The Morgan fingerprint density at radius 1 is 1.46 bits per heavy atom. The van der Waals surface area contributed by atoms with Crippen LogP contribution in [0, 0.1) is 11.3 Å². The molecule has 7 heteroatoms. The number of benzene rings is 1. The van der Waals surface area contributed by atoms with Crippen LogP contribution in [0.25, 0.3) is 11.0 Å². The Morgan fingerprint density at radius 2 is 2.21 bits per heavy atom. The molecule has 3 rings (SSSR count). The summed E-state index contributed by atoms with van der Waals surface area (Å²) in [6.07, 6.45) is 2.11. The normalized spacial score (nSPS) is 18.1. The molecule has 2 aromatic rings. The van der Waals surface area contributed by atoms with Crippen LogP contribution < -0.4 is 5.32 Å². The first-order chi connectivity index (χ1) is 11.7. The van der Waals surface area contributed by atoms with E-state index in [0.717, 1.165) is 19.4 Å². The second-order valence-electron chi connectivity index (χ2n) is 5.55. The second-order valence-corrected chi connectivity index (χ2v) is 5.55. The Morgan fingerprint density at radius 3 is 2.83 bits per heavy atom. The van der Waals surface area contributed by atoms with Crippen LogP contribution in [0.5, 0.6) is 0 Å². The fourth-order valence-electron chi connectivity index (χ4n) is 2.70. The van der Waals surface area contributed by atoms with Crippen molar-refractivity contribution >= 4 is 22.8 Å². The van der Waals surface area contributed by atoms with Crippen LogP contribution in [0.15, 0.2) is 24.3 Å². The van der Waals surface area contributed by atoms with Crippen molar-refractivity contribution in [3.63, 3.8) is 0 Å². The maximum atomic E-state index is 11.9. The van der Waals surface area contributed by atoms with E-state index in [1.807, 2.05) is 24.3 Å². The highest BCUT2D eigenvalue weighted by molar-refractivity contribution is 5.84. The van der Waals surface area contributed by atoms with E-state index in [0.29, 0.717) is 23.4 Å². The third-order valence-corrected chi connectivity index (χ3v) is 3.96. The number of nitriles is 1. The Bertz CT molecular complexity index is 781. The molecule has 1 N–H and O–H groups in total. The molecule has 0 aliphatic carbocycles. The highest BCUT2D eigenvalue weighted by atomic mass is 16.5. The molecule has 0 bridgehead atoms. The molecule has 1 aromatic carbocycles. The van der Waals surface area contributed by atoms with E-state index >= 15 is 0 Å².